The van der Waals surface area contributed by atoms with E-state index in [2.05, 4.69) is 40.7 Å². The van der Waals surface area contributed by atoms with E-state index in [0.29, 0.717) is 12.6 Å². The first-order valence-corrected chi connectivity index (χ1v) is 8.74. The Morgan fingerprint density at radius 2 is 2.00 bits per heavy atom. The third-order valence-corrected chi connectivity index (χ3v) is 4.44. The monoisotopic (exact) mass is 310 g/mol. The van der Waals surface area contributed by atoms with Crippen LogP contribution in [0.4, 0.5) is 0 Å². The summed E-state index contributed by atoms with van der Waals surface area (Å²) in [5.74, 6) is 0.931. The van der Waals surface area contributed by atoms with Crippen molar-refractivity contribution in [3.8, 4) is 0 Å². The summed E-state index contributed by atoms with van der Waals surface area (Å²) in [5, 5.41) is 8.16. The van der Waals surface area contributed by atoms with E-state index >= 15 is 0 Å². The van der Waals surface area contributed by atoms with Gasteiger partial charge in [0.25, 0.3) is 0 Å². The molecular weight excluding hydrogens is 284 g/mol. The van der Waals surface area contributed by atoms with Gasteiger partial charge in [0, 0.05) is 24.2 Å². The number of nitrogens with one attached hydrogen (secondary N) is 2. The van der Waals surface area contributed by atoms with Crippen LogP contribution in [0.5, 0.6) is 0 Å². The fourth-order valence-electron chi connectivity index (χ4n) is 3.22. The highest BCUT2D eigenvalue weighted by Gasteiger charge is 2.14. The quantitative estimate of drug-likeness (QED) is 0.670. The zero-order valence-corrected chi connectivity index (χ0v) is 13.9. The number of aliphatic imine (C=N–C) groups is 1. The van der Waals surface area contributed by atoms with Crippen LogP contribution in [0.1, 0.15) is 44.6 Å². The van der Waals surface area contributed by atoms with Gasteiger partial charge in [0.05, 0.1) is 12.1 Å². The number of hydrogen-bond donors (Lipinski definition) is 2. The Balaban J connectivity index is 1.73. The van der Waals surface area contributed by atoms with Crippen molar-refractivity contribution in [3.05, 3.63) is 42.1 Å². The first kappa shape index (κ1) is 15.8. The van der Waals surface area contributed by atoms with E-state index in [1.54, 1.807) is 0 Å². The van der Waals surface area contributed by atoms with Gasteiger partial charge in [-0.05, 0) is 37.5 Å². The average molecular weight is 310 g/mol. The number of benzene rings is 1. The van der Waals surface area contributed by atoms with Crippen molar-refractivity contribution in [2.45, 2.75) is 51.6 Å². The lowest BCUT2D eigenvalue weighted by molar-refractivity contribution is 0.410. The third-order valence-electron chi connectivity index (χ3n) is 4.44. The van der Waals surface area contributed by atoms with Crippen LogP contribution in [0.3, 0.4) is 0 Å². The van der Waals surface area contributed by atoms with Crippen molar-refractivity contribution < 1.29 is 0 Å². The molecule has 0 spiro atoms. The molecule has 1 saturated carbocycles. The maximum Gasteiger partial charge on any atom is 0.191 e. The van der Waals surface area contributed by atoms with Crippen LogP contribution in [-0.2, 0) is 6.54 Å². The van der Waals surface area contributed by atoms with Gasteiger partial charge in [-0.1, -0.05) is 37.5 Å². The topological polar surface area (TPSA) is 49.3 Å². The molecule has 1 heterocycles. The molecule has 1 aromatic carbocycles. The molecule has 2 aromatic rings. The molecule has 1 fully saturated rings. The first-order valence-electron chi connectivity index (χ1n) is 8.74. The predicted molar refractivity (Wildman–Crippen MR) is 96.6 cm³/mol. The second kappa shape index (κ2) is 7.95. The molecule has 3 rings (SSSR count). The Kier molecular flexibility index (Phi) is 5.46. The normalized spacial score (nSPS) is 16.5. The summed E-state index contributed by atoms with van der Waals surface area (Å²) >= 11 is 0. The average Bonchev–Trinajstić information content (AvgIpc) is 2.61. The van der Waals surface area contributed by atoms with Crippen LogP contribution >= 0.6 is 0 Å². The van der Waals surface area contributed by atoms with Gasteiger partial charge in [-0.25, -0.2) is 4.99 Å². The Morgan fingerprint density at radius 3 is 2.83 bits per heavy atom. The largest absolute Gasteiger partial charge is 0.357 e. The number of nitrogens with zero attached hydrogens (tertiary/aromatic N) is 2. The van der Waals surface area contributed by atoms with Crippen molar-refractivity contribution in [3.63, 3.8) is 0 Å². The van der Waals surface area contributed by atoms with Gasteiger partial charge in [-0.2, -0.15) is 0 Å². The summed E-state index contributed by atoms with van der Waals surface area (Å²) in [5.41, 5.74) is 2.25. The van der Waals surface area contributed by atoms with Crippen LogP contribution in [0, 0.1) is 0 Å². The van der Waals surface area contributed by atoms with Crippen molar-refractivity contribution >= 4 is 16.9 Å². The lowest BCUT2D eigenvalue weighted by atomic mass is 9.96. The third kappa shape index (κ3) is 4.21. The summed E-state index contributed by atoms with van der Waals surface area (Å²) < 4.78 is 0. The fourth-order valence-corrected chi connectivity index (χ4v) is 3.22. The van der Waals surface area contributed by atoms with Crippen LogP contribution in [-0.4, -0.2) is 23.5 Å². The number of rotatable bonds is 4. The molecule has 0 saturated heterocycles. The maximum absolute atomic E-state index is 4.79. The van der Waals surface area contributed by atoms with E-state index in [4.69, 9.17) is 4.99 Å². The Bertz CT molecular complexity index is 654. The molecule has 0 aliphatic heterocycles. The van der Waals surface area contributed by atoms with E-state index < -0.39 is 0 Å². The number of aromatic nitrogens is 1. The van der Waals surface area contributed by atoms with Gasteiger partial charge in [0.15, 0.2) is 5.96 Å². The van der Waals surface area contributed by atoms with Gasteiger partial charge in [-0.3, -0.25) is 4.98 Å². The zero-order valence-electron chi connectivity index (χ0n) is 13.9. The minimum atomic E-state index is 0.565. The van der Waals surface area contributed by atoms with Gasteiger partial charge in [0.1, 0.15) is 0 Å². The molecule has 0 unspecified atom stereocenters. The molecular formula is C19H26N4. The Hall–Kier alpha value is -2.10. The number of pyridine rings is 1. The molecule has 4 heteroatoms. The van der Waals surface area contributed by atoms with Crippen LogP contribution in [0.25, 0.3) is 10.9 Å². The number of para-hydroxylation sites is 1. The van der Waals surface area contributed by atoms with E-state index in [0.717, 1.165) is 18.0 Å². The SMILES string of the molecule is CCNC(=NCc1ccnc2ccccc12)NC1CCCCC1. The molecule has 0 bridgehead atoms. The lowest BCUT2D eigenvalue weighted by Crippen LogP contribution is -2.44. The predicted octanol–water partition coefficient (Wildman–Crippen LogP) is 3.62. The smallest absolute Gasteiger partial charge is 0.191 e. The molecule has 122 valence electrons. The van der Waals surface area contributed by atoms with Gasteiger partial charge in [-0.15, -0.1) is 0 Å². The molecule has 0 amide bonds. The fraction of sp³-hybridized carbons (Fsp3) is 0.474. The van der Waals surface area contributed by atoms with Crippen LogP contribution in [0.2, 0.25) is 0 Å². The highest BCUT2D eigenvalue weighted by molar-refractivity contribution is 5.83. The Labute approximate surface area is 138 Å². The van der Waals surface area contributed by atoms with E-state index in [1.807, 2.05) is 18.3 Å². The summed E-state index contributed by atoms with van der Waals surface area (Å²) in [6.45, 7) is 3.67. The van der Waals surface area contributed by atoms with Crippen molar-refractivity contribution in [1.29, 1.82) is 0 Å². The first-order chi connectivity index (χ1) is 11.4. The van der Waals surface area contributed by atoms with E-state index in [-0.39, 0.29) is 0 Å². The van der Waals surface area contributed by atoms with E-state index in [1.165, 1.54) is 43.1 Å². The van der Waals surface area contributed by atoms with Crippen molar-refractivity contribution in [2.24, 2.45) is 4.99 Å². The summed E-state index contributed by atoms with van der Waals surface area (Å²) in [4.78, 5) is 9.21. The standard InChI is InChI=1S/C19H26N4/c1-2-20-19(23-16-8-4-3-5-9-16)22-14-15-12-13-21-18-11-7-6-10-17(15)18/h6-7,10-13,16H,2-5,8-9,14H2,1H3,(H2,20,22,23). The molecule has 4 nitrogen and oxygen atoms in total. The van der Waals surface area contributed by atoms with Crippen molar-refractivity contribution in [1.82, 2.24) is 15.6 Å². The van der Waals surface area contributed by atoms with Gasteiger partial charge < -0.3 is 10.6 Å². The molecule has 1 aliphatic rings. The molecule has 0 radical (unpaired) electrons. The van der Waals surface area contributed by atoms with E-state index in [9.17, 15) is 0 Å². The zero-order chi connectivity index (χ0) is 15.9. The van der Waals surface area contributed by atoms with Crippen molar-refractivity contribution in [2.75, 3.05) is 6.54 Å². The van der Waals surface area contributed by atoms with Crippen LogP contribution < -0.4 is 10.6 Å². The lowest BCUT2D eigenvalue weighted by Gasteiger charge is -2.24. The Morgan fingerprint density at radius 1 is 1.17 bits per heavy atom. The molecule has 1 aromatic heterocycles. The minimum absolute atomic E-state index is 0.565. The summed E-state index contributed by atoms with van der Waals surface area (Å²) in [6, 6.07) is 10.9. The molecule has 0 atom stereocenters. The maximum atomic E-state index is 4.79. The second-order valence-corrected chi connectivity index (χ2v) is 6.16. The minimum Gasteiger partial charge on any atom is -0.357 e. The highest BCUT2D eigenvalue weighted by atomic mass is 15.2. The van der Waals surface area contributed by atoms with Gasteiger partial charge in [0.2, 0.25) is 0 Å². The summed E-state index contributed by atoms with van der Waals surface area (Å²) in [7, 11) is 0. The number of guanidine groups is 1. The number of fused-ring (bicyclic) bond motifs is 1. The van der Waals surface area contributed by atoms with Gasteiger partial charge >= 0.3 is 0 Å². The number of hydrogen-bond acceptors (Lipinski definition) is 2. The molecule has 1 aliphatic carbocycles. The highest BCUT2D eigenvalue weighted by Crippen LogP contribution is 2.18. The molecule has 23 heavy (non-hydrogen) atoms. The second-order valence-electron chi connectivity index (χ2n) is 6.16. The van der Waals surface area contributed by atoms with Crippen LogP contribution in [0.15, 0.2) is 41.5 Å². The molecule has 2 N–H and O–H groups in total. The summed E-state index contributed by atoms with van der Waals surface area (Å²) in [6.07, 6.45) is 8.40.